The maximum atomic E-state index is 11.3. The molecule has 2 rings (SSSR count). The Bertz CT molecular complexity index is 548. The summed E-state index contributed by atoms with van der Waals surface area (Å²) in [5, 5.41) is 19.4. The van der Waals surface area contributed by atoms with Gasteiger partial charge < -0.3 is 21.3 Å². The van der Waals surface area contributed by atoms with E-state index in [2.05, 4.69) is 5.32 Å². The molecule has 2 amide bonds. The van der Waals surface area contributed by atoms with Crippen LogP contribution >= 0.6 is 0 Å². The summed E-state index contributed by atoms with van der Waals surface area (Å²) in [6.07, 6.45) is 0. The number of amides is 2. The summed E-state index contributed by atoms with van der Waals surface area (Å²) in [5.74, 6) is 0. The third-order valence-electron chi connectivity index (χ3n) is 3.11. The van der Waals surface area contributed by atoms with Crippen molar-refractivity contribution in [2.45, 2.75) is 5.54 Å². The first-order chi connectivity index (χ1) is 10.6. The quantitative estimate of drug-likeness (QED) is 0.637. The highest BCUT2D eigenvalue weighted by molar-refractivity contribution is 5.74. The first kappa shape index (κ1) is 17.2. The predicted octanol–water partition coefficient (Wildman–Crippen LogP) is 1.29. The van der Waals surface area contributed by atoms with Crippen molar-refractivity contribution in [3.8, 4) is 0 Å². The van der Waals surface area contributed by atoms with Crippen molar-refractivity contribution in [3.63, 3.8) is 0 Å². The maximum absolute atomic E-state index is 11.3. The van der Waals surface area contributed by atoms with E-state index in [-0.39, 0.29) is 13.1 Å². The van der Waals surface area contributed by atoms with E-state index in [1.807, 2.05) is 60.7 Å². The van der Waals surface area contributed by atoms with Crippen molar-refractivity contribution in [2.24, 2.45) is 5.73 Å². The number of aliphatic hydroxyl groups excluding tert-OH is 1. The molecule has 0 bridgehead atoms. The number of aliphatic hydroxyl groups is 1. The molecule has 0 fully saturated rings. The van der Waals surface area contributed by atoms with Crippen LogP contribution in [0.4, 0.5) is 4.79 Å². The fourth-order valence-electron chi connectivity index (χ4n) is 2.19. The van der Waals surface area contributed by atoms with Gasteiger partial charge in [-0.25, -0.2) is 4.79 Å². The third kappa shape index (κ3) is 4.07. The lowest BCUT2D eigenvalue weighted by Crippen LogP contribution is -2.51. The van der Waals surface area contributed by atoms with E-state index in [1.165, 1.54) is 0 Å². The van der Waals surface area contributed by atoms with Crippen molar-refractivity contribution >= 4 is 12.5 Å². The van der Waals surface area contributed by atoms with Crippen LogP contribution in [0.2, 0.25) is 0 Å². The number of primary amides is 1. The second-order valence-corrected chi connectivity index (χ2v) is 4.39. The number of benzene rings is 2. The van der Waals surface area contributed by atoms with Crippen molar-refractivity contribution in [2.75, 3.05) is 6.61 Å². The number of hydrogen-bond donors (Lipinski definition) is 4. The SMILES string of the molecule is NC(=O)NC(CO)(c1ccccc1)c1ccccc1.O=CO. The smallest absolute Gasteiger partial charge is 0.313 e. The zero-order chi connectivity index (χ0) is 16.4. The molecule has 6 nitrogen and oxygen atoms in total. The molecular formula is C16H18N2O4. The second kappa shape index (κ2) is 8.43. The van der Waals surface area contributed by atoms with Gasteiger partial charge in [-0.3, -0.25) is 4.79 Å². The molecule has 6 heteroatoms. The van der Waals surface area contributed by atoms with E-state index in [0.717, 1.165) is 11.1 Å². The topological polar surface area (TPSA) is 113 Å². The molecule has 2 aromatic carbocycles. The average Bonchev–Trinajstić information content (AvgIpc) is 2.55. The zero-order valence-electron chi connectivity index (χ0n) is 11.8. The van der Waals surface area contributed by atoms with Gasteiger partial charge in [-0.05, 0) is 11.1 Å². The average molecular weight is 302 g/mol. The molecule has 0 heterocycles. The number of rotatable bonds is 4. The summed E-state index contributed by atoms with van der Waals surface area (Å²) in [4.78, 5) is 19.7. The van der Waals surface area contributed by atoms with Gasteiger partial charge in [0.25, 0.3) is 6.47 Å². The molecule has 0 aliphatic heterocycles. The van der Waals surface area contributed by atoms with E-state index < -0.39 is 11.6 Å². The number of urea groups is 1. The monoisotopic (exact) mass is 302 g/mol. The summed E-state index contributed by atoms with van der Waals surface area (Å²) in [6, 6.07) is 17.9. The summed E-state index contributed by atoms with van der Waals surface area (Å²) >= 11 is 0. The number of carbonyl (C=O) groups is 2. The maximum Gasteiger partial charge on any atom is 0.313 e. The van der Waals surface area contributed by atoms with Crippen LogP contribution in [0.5, 0.6) is 0 Å². The van der Waals surface area contributed by atoms with Crippen LogP contribution in [-0.2, 0) is 10.3 Å². The lowest BCUT2D eigenvalue weighted by atomic mass is 9.83. The van der Waals surface area contributed by atoms with Crippen LogP contribution in [0.1, 0.15) is 11.1 Å². The van der Waals surface area contributed by atoms with Crippen LogP contribution in [0.25, 0.3) is 0 Å². The van der Waals surface area contributed by atoms with Gasteiger partial charge in [0.2, 0.25) is 0 Å². The van der Waals surface area contributed by atoms with Crippen molar-refractivity contribution < 1.29 is 19.8 Å². The summed E-state index contributed by atoms with van der Waals surface area (Å²) in [5.41, 5.74) is 5.81. The van der Waals surface area contributed by atoms with Gasteiger partial charge in [-0.15, -0.1) is 0 Å². The van der Waals surface area contributed by atoms with Crippen molar-refractivity contribution in [3.05, 3.63) is 71.8 Å². The molecule has 22 heavy (non-hydrogen) atoms. The van der Waals surface area contributed by atoms with Gasteiger partial charge in [0, 0.05) is 0 Å². The predicted molar refractivity (Wildman–Crippen MR) is 82.2 cm³/mol. The van der Waals surface area contributed by atoms with Crippen LogP contribution in [-0.4, -0.2) is 29.3 Å². The minimum Gasteiger partial charge on any atom is -0.483 e. The van der Waals surface area contributed by atoms with E-state index >= 15 is 0 Å². The fourth-order valence-corrected chi connectivity index (χ4v) is 2.19. The number of nitrogens with two attached hydrogens (primary N) is 1. The molecule has 0 radical (unpaired) electrons. The molecule has 5 N–H and O–H groups in total. The van der Waals surface area contributed by atoms with Crippen molar-refractivity contribution in [1.29, 1.82) is 0 Å². The Morgan fingerprint density at radius 3 is 1.68 bits per heavy atom. The number of hydrogen-bond acceptors (Lipinski definition) is 3. The molecule has 0 aliphatic rings. The number of nitrogens with one attached hydrogen (secondary N) is 1. The van der Waals surface area contributed by atoms with Gasteiger partial charge in [-0.1, -0.05) is 60.7 Å². The highest BCUT2D eigenvalue weighted by Gasteiger charge is 2.34. The summed E-state index contributed by atoms with van der Waals surface area (Å²) < 4.78 is 0. The zero-order valence-corrected chi connectivity index (χ0v) is 11.8. The highest BCUT2D eigenvalue weighted by atomic mass is 16.3. The fraction of sp³-hybridized carbons (Fsp3) is 0.125. The van der Waals surface area contributed by atoms with E-state index in [4.69, 9.17) is 15.6 Å². The highest BCUT2D eigenvalue weighted by Crippen LogP contribution is 2.29. The van der Waals surface area contributed by atoms with Gasteiger partial charge in [-0.2, -0.15) is 0 Å². The minimum atomic E-state index is -1.02. The Hall–Kier alpha value is -2.86. The van der Waals surface area contributed by atoms with Crippen LogP contribution < -0.4 is 11.1 Å². The minimum absolute atomic E-state index is 0.250. The molecule has 0 saturated heterocycles. The van der Waals surface area contributed by atoms with E-state index in [0.29, 0.717) is 0 Å². The Kier molecular flexibility index (Phi) is 6.59. The first-order valence-corrected chi connectivity index (χ1v) is 6.48. The van der Waals surface area contributed by atoms with Gasteiger partial charge >= 0.3 is 6.03 Å². The van der Waals surface area contributed by atoms with Crippen LogP contribution in [0.15, 0.2) is 60.7 Å². The van der Waals surface area contributed by atoms with Gasteiger partial charge in [0.1, 0.15) is 5.54 Å². The Labute approximate surface area is 128 Å². The van der Waals surface area contributed by atoms with Gasteiger partial charge in [0.05, 0.1) is 6.61 Å². The van der Waals surface area contributed by atoms with Gasteiger partial charge in [0.15, 0.2) is 0 Å². The molecule has 0 unspecified atom stereocenters. The number of carboxylic acid groups (broad SMARTS) is 1. The molecular weight excluding hydrogens is 284 g/mol. The molecule has 0 spiro atoms. The molecule has 0 atom stereocenters. The standard InChI is InChI=1S/C15H16N2O2.CH2O2/c16-14(19)17-15(11-18,12-7-3-1-4-8-12)13-9-5-2-6-10-13;2-1-3/h1-10,18H,11H2,(H3,16,17,19);1H,(H,2,3). The Morgan fingerprint density at radius 2 is 1.41 bits per heavy atom. The Morgan fingerprint density at radius 1 is 1.05 bits per heavy atom. The molecule has 2 aromatic rings. The molecule has 0 aromatic heterocycles. The third-order valence-corrected chi connectivity index (χ3v) is 3.11. The normalized spacial score (nSPS) is 10.0. The summed E-state index contributed by atoms with van der Waals surface area (Å²) in [6.45, 7) is -0.524. The molecule has 116 valence electrons. The van der Waals surface area contributed by atoms with Crippen molar-refractivity contribution in [1.82, 2.24) is 5.32 Å². The molecule has 0 aliphatic carbocycles. The summed E-state index contributed by atoms with van der Waals surface area (Å²) in [7, 11) is 0. The first-order valence-electron chi connectivity index (χ1n) is 6.48. The Balaban J connectivity index is 0.000000745. The lowest BCUT2D eigenvalue weighted by Gasteiger charge is -2.33. The van der Waals surface area contributed by atoms with Crippen LogP contribution in [0, 0.1) is 0 Å². The van der Waals surface area contributed by atoms with E-state index in [9.17, 15) is 9.90 Å². The van der Waals surface area contributed by atoms with E-state index in [1.54, 1.807) is 0 Å². The molecule has 0 saturated carbocycles. The number of carbonyl (C=O) groups excluding carboxylic acids is 1. The van der Waals surface area contributed by atoms with Crippen LogP contribution in [0.3, 0.4) is 0 Å². The largest absolute Gasteiger partial charge is 0.483 e. The second-order valence-electron chi connectivity index (χ2n) is 4.39. The lowest BCUT2D eigenvalue weighted by molar-refractivity contribution is -0.122.